The lowest BCUT2D eigenvalue weighted by atomic mass is 10.2. The Bertz CT molecular complexity index is 640. The SMILES string of the molecule is Nc1ccc(-c2cncn2CCc2ccco2)cn1. The highest BCUT2D eigenvalue weighted by Crippen LogP contribution is 2.19. The number of imidazole rings is 1. The first kappa shape index (κ1) is 11.5. The molecule has 5 nitrogen and oxygen atoms in total. The highest BCUT2D eigenvalue weighted by atomic mass is 16.3. The molecule has 0 aliphatic rings. The van der Waals surface area contributed by atoms with Crippen LogP contribution in [0.2, 0.25) is 0 Å². The number of rotatable bonds is 4. The smallest absolute Gasteiger partial charge is 0.123 e. The Kier molecular flexibility index (Phi) is 3.02. The van der Waals surface area contributed by atoms with E-state index in [2.05, 4.69) is 14.5 Å². The molecule has 0 atom stereocenters. The van der Waals surface area contributed by atoms with E-state index in [0.29, 0.717) is 5.82 Å². The van der Waals surface area contributed by atoms with Crippen LogP contribution in [0.4, 0.5) is 5.82 Å². The van der Waals surface area contributed by atoms with Crippen molar-refractivity contribution in [1.29, 1.82) is 0 Å². The Balaban J connectivity index is 1.80. The van der Waals surface area contributed by atoms with E-state index in [-0.39, 0.29) is 0 Å². The van der Waals surface area contributed by atoms with Gasteiger partial charge >= 0.3 is 0 Å². The third-order valence-corrected chi connectivity index (χ3v) is 2.97. The van der Waals surface area contributed by atoms with Crippen LogP contribution in [0.5, 0.6) is 0 Å². The summed E-state index contributed by atoms with van der Waals surface area (Å²) in [6.45, 7) is 0.813. The molecule has 3 aromatic rings. The van der Waals surface area contributed by atoms with Gasteiger partial charge in [0.05, 0.1) is 24.5 Å². The number of nitrogen functional groups attached to an aromatic ring is 1. The van der Waals surface area contributed by atoms with Crippen LogP contribution in [0.1, 0.15) is 5.76 Å². The Morgan fingerprint density at radius 2 is 2.16 bits per heavy atom. The monoisotopic (exact) mass is 254 g/mol. The minimum absolute atomic E-state index is 0.519. The lowest BCUT2D eigenvalue weighted by Gasteiger charge is -2.07. The Morgan fingerprint density at radius 1 is 1.21 bits per heavy atom. The standard InChI is InChI=1S/C14H14N4O/c15-14-4-3-11(8-17-14)13-9-16-10-18(13)6-5-12-2-1-7-19-12/h1-4,7-10H,5-6H2,(H2,15,17). The summed E-state index contributed by atoms with van der Waals surface area (Å²) >= 11 is 0. The van der Waals surface area contributed by atoms with Crippen molar-refractivity contribution in [2.24, 2.45) is 0 Å². The molecule has 0 aliphatic heterocycles. The summed E-state index contributed by atoms with van der Waals surface area (Å²) in [5, 5.41) is 0. The summed E-state index contributed by atoms with van der Waals surface area (Å²) in [4.78, 5) is 8.30. The highest BCUT2D eigenvalue weighted by molar-refractivity contribution is 5.59. The van der Waals surface area contributed by atoms with Gasteiger partial charge in [0.15, 0.2) is 0 Å². The van der Waals surface area contributed by atoms with Crippen molar-refractivity contribution < 1.29 is 4.42 Å². The molecule has 0 unspecified atom stereocenters. The van der Waals surface area contributed by atoms with Crippen molar-refractivity contribution in [2.45, 2.75) is 13.0 Å². The largest absolute Gasteiger partial charge is 0.469 e. The van der Waals surface area contributed by atoms with Crippen LogP contribution in [-0.2, 0) is 13.0 Å². The summed E-state index contributed by atoms with van der Waals surface area (Å²) in [7, 11) is 0. The van der Waals surface area contributed by atoms with Gasteiger partial charge in [-0.1, -0.05) is 0 Å². The molecule has 2 N–H and O–H groups in total. The van der Waals surface area contributed by atoms with Crippen molar-refractivity contribution in [1.82, 2.24) is 14.5 Å². The summed E-state index contributed by atoms with van der Waals surface area (Å²) in [6.07, 6.45) is 7.92. The first-order chi connectivity index (χ1) is 9.33. The minimum Gasteiger partial charge on any atom is -0.469 e. The molecule has 5 heteroatoms. The topological polar surface area (TPSA) is 69.9 Å². The maximum absolute atomic E-state index is 5.60. The van der Waals surface area contributed by atoms with E-state index < -0.39 is 0 Å². The van der Waals surface area contributed by atoms with Crippen LogP contribution in [0.15, 0.2) is 53.7 Å². The van der Waals surface area contributed by atoms with Gasteiger partial charge in [-0.05, 0) is 24.3 Å². The fraction of sp³-hybridized carbons (Fsp3) is 0.143. The van der Waals surface area contributed by atoms with Gasteiger partial charge < -0.3 is 14.7 Å². The van der Waals surface area contributed by atoms with E-state index in [0.717, 1.165) is 30.0 Å². The molecule has 0 aliphatic carbocycles. The zero-order valence-corrected chi connectivity index (χ0v) is 10.4. The number of hydrogen-bond donors (Lipinski definition) is 1. The van der Waals surface area contributed by atoms with Gasteiger partial charge in [-0.25, -0.2) is 9.97 Å². The van der Waals surface area contributed by atoms with Gasteiger partial charge in [-0.2, -0.15) is 0 Å². The second kappa shape index (κ2) is 4.97. The fourth-order valence-corrected chi connectivity index (χ4v) is 1.98. The van der Waals surface area contributed by atoms with E-state index in [1.165, 1.54) is 0 Å². The quantitative estimate of drug-likeness (QED) is 0.776. The molecule has 0 saturated carbocycles. The number of pyridine rings is 1. The van der Waals surface area contributed by atoms with Crippen molar-refractivity contribution >= 4 is 5.82 Å². The first-order valence-corrected chi connectivity index (χ1v) is 6.07. The summed E-state index contributed by atoms with van der Waals surface area (Å²) in [5.74, 6) is 1.49. The molecule has 3 aromatic heterocycles. The molecule has 0 fully saturated rings. The molecule has 0 aromatic carbocycles. The lowest BCUT2D eigenvalue weighted by molar-refractivity contribution is 0.492. The average molecular weight is 254 g/mol. The third kappa shape index (κ3) is 2.49. The third-order valence-electron chi connectivity index (χ3n) is 2.97. The molecule has 3 rings (SSSR count). The number of anilines is 1. The molecule has 0 bridgehead atoms. The summed E-state index contributed by atoms with van der Waals surface area (Å²) < 4.78 is 7.41. The van der Waals surface area contributed by atoms with Gasteiger partial charge in [0, 0.05) is 24.7 Å². The van der Waals surface area contributed by atoms with Crippen molar-refractivity contribution in [2.75, 3.05) is 5.73 Å². The van der Waals surface area contributed by atoms with E-state index >= 15 is 0 Å². The van der Waals surface area contributed by atoms with Crippen LogP contribution in [0, 0.1) is 0 Å². The predicted octanol–water partition coefficient (Wildman–Crippen LogP) is 2.36. The highest BCUT2D eigenvalue weighted by Gasteiger charge is 2.06. The molecule has 3 heterocycles. The van der Waals surface area contributed by atoms with E-state index in [1.54, 1.807) is 18.5 Å². The van der Waals surface area contributed by atoms with Crippen LogP contribution >= 0.6 is 0 Å². The van der Waals surface area contributed by atoms with E-state index in [9.17, 15) is 0 Å². The average Bonchev–Trinajstić information content (AvgIpc) is 3.08. The van der Waals surface area contributed by atoms with Crippen LogP contribution in [0.3, 0.4) is 0 Å². The Hall–Kier alpha value is -2.56. The van der Waals surface area contributed by atoms with Gasteiger partial charge in [0.2, 0.25) is 0 Å². The molecule has 0 saturated heterocycles. The van der Waals surface area contributed by atoms with Crippen molar-refractivity contribution in [3.63, 3.8) is 0 Å². The number of nitrogens with zero attached hydrogens (tertiary/aromatic N) is 3. The van der Waals surface area contributed by atoms with Gasteiger partial charge in [-0.15, -0.1) is 0 Å². The van der Waals surface area contributed by atoms with Crippen molar-refractivity contribution in [3.05, 3.63) is 55.0 Å². The first-order valence-electron chi connectivity index (χ1n) is 6.07. The normalized spacial score (nSPS) is 10.7. The number of aromatic nitrogens is 3. The van der Waals surface area contributed by atoms with Gasteiger partial charge in [0.1, 0.15) is 11.6 Å². The zero-order valence-electron chi connectivity index (χ0n) is 10.4. The lowest BCUT2D eigenvalue weighted by Crippen LogP contribution is -2.01. The van der Waals surface area contributed by atoms with E-state index in [1.807, 2.05) is 30.7 Å². The molecule has 0 amide bonds. The molecule has 96 valence electrons. The predicted molar refractivity (Wildman–Crippen MR) is 72.3 cm³/mol. The fourth-order valence-electron chi connectivity index (χ4n) is 1.98. The summed E-state index contributed by atoms with van der Waals surface area (Å²) in [5.41, 5.74) is 7.63. The molecule has 19 heavy (non-hydrogen) atoms. The zero-order chi connectivity index (χ0) is 13.1. The van der Waals surface area contributed by atoms with Crippen LogP contribution in [-0.4, -0.2) is 14.5 Å². The van der Waals surface area contributed by atoms with Gasteiger partial charge in [0.25, 0.3) is 0 Å². The maximum Gasteiger partial charge on any atom is 0.123 e. The number of aryl methyl sites for hydroxylation is 2. The molecule has 0 radical (unpaired) electrons. The molecular formula is C14H14N4O. The molecular weight excluding hydrogens is 240 g/mol. The number of hydrogen-bond acceptors (Lipinski definition) is 4. The summed E-state index contributed by atoms with van der Waals surface area (Å²) in [6, 6.07) is 7.61. The minimum atomic E-state index is 0.519. The number of furan rings is 1. The second-order valence-electron chi connectivity index (χ2n) is 4.27. The van der Waals surface area contributed by atoms with Gasteiger partial charge in [-0.3, -0.25) is 0 Å². The van der Waals surface area contributed by atoms with Crippen molar-refractivity contribution in [3.8, 4) is 11.3 Å². The maximum atomic E-state index is 5.60. The van der Waals surface area contributed by atoms with Crippen LogP contribution < -0.4 is 5.73 Å². The molecule has 0 spiro atoms. The Labute approximate surface area is 110 Å². The van der Waals surface area contributed by atoms with Crippen LogP contribution in [0.25, 0.3) is 11.3 Å². The Morgan fingerprint density at radius 3 is 2.89 bits per heavy atom. The second-order valence-corrected chi connectivity index (χ2v) is 4.27. The van der Waals surface area contributed by atoms with E-state index in [4.69, 9.17) is 10.2 Å². The number of nitrogens with two attached hydrogens (primary N) is 1.